The van der Waals surface area contributed by atoms with Crippen LogP contribution in [0.25, 0.3) is 0 Å². The zero-order valence-corrected chi connectivity index (χ0v) is 13.0. The van der Waals surface area contributed by atoms with Crippen LogP contribution >= 0.6 is 12.2 Å². The molecule has 5 heteroatoms. The third kappa shape index (κ3) is 3.93. The molecule has 0 bridgehead atoms. The third-order valence-corrected chi connectivity index (χ3v) is 3.85. The molecular weight excluding hydrogens is 268 g/mol. The van der Waals surface area contributed by atoms with E-state index in [9.17, 15) is 0 Å². The number of piperidine rings is 1. The smallest absolute Gasteiger partial charge is 0.186 e. The molecule has 0 radical (unpaired) electrons. The number of thiocarbonyl (C=S) groups is 1. The summed E-state index contributed by atoms with van der Waals surface area (Å²) in [5.74, 6) is 0. The van der Waals surface area contributed by atoms with Crippen LogP contribution in [0.4, 0.5) is 5.69 Å². The van der Waals surface area contributed by atoms with Crippen LogP contribution < -0.4 is 15.6 Å². The molecule has 20 heavy (non-hydrogen) atoms. The molecule has 0 saturated carbocycles. The molecule has 0 spiro atoms. The Morgan fingerprint density at radius 2 is 1.80 bits per heavy atom. The van der Waals surface area contributed by atoms with Crippen molar-refractivity contribution in [1.82, 2.24) is 10.7 Å². The molecule has 0 atom stereocenters. The van der Waals surface area contributed by atoms with E-state index in [0.717, 1.165) is 11.3 Å². The van der Waals surface area contributed by atoms with Gasteiger partial charge in [0.15, 0.2) is 5.11 Å². The molecule has 1 saturated heterocycles. The third-order valence-electron chi connectivity index (χ3n) is 3.56. The summed E-state index contributed by atoms with van der Waals surface area (Å²) in [5, 5.41) is 7.61. The maximum Gasteiger partial charge on any atom is 0.186 e. The predicted octanol–water partition coefficient (Wildman–Crippen LogP) is 2.49. The fourth-order valence-electron chi connectivity index (χ4n) is 2.32. The molecule has 0 unspecified atom stereocenters. The highest BCUT2D eigenvalue weighted by Crippen LogP contribution is 2.20. The average molecular weight is 290 g/mol. The Morgan fingerprint density at radius 1 is 1.15 bits per heavy atom. The van der Waals surface area contributed by atoms with E-state index in [1.54, 1.807) is 7.05 Å². The van der Waals surface area contributed by atoms with Crippen LogP contribution in [-0.4, -0.2) is 31.0 Å². The van der Waals surface area contributed by atoms with E-state index in [4.69, 9.17) is 12.2 Å². The van der Waals surface area contributed by atoms with Gasteiger partial charge in [-0.2, -0.15) is 5.10 Å². The second-order valence-electron chi connectivity index (χ2n) is 4.98. The number of rotatable bonds is 3. The van der Waals surface area contributed by atoms with E-state index in [2.05, 4.69) is 45.0 Å². The first-order valence-electron chi connectivity index (χ1n) is 7.08. The first kappa shape index (κ1) is 14.8. The fourth-order valence-corrected chi connectivity index (χ4v) is 2.37. The second kappa shape index (κ2) is 7.24. The van der Waals surface area contributed by atoms with Crippen molar-refractivity contribution in [2.75, 3.05) is 25.0 Å². The maximum atomic E-state index is 4.99. The molecular formula is C15H22N4S. The summed E-state index contributed by atoms with van der Waals surface area (Å²) in [5.41, 5.74) is 6.14. The Hall–Kier alpha value is -1.62. The summed E-state index contributed by atoms with van der Waals surface area (Å²) in [6, 6.07) is 8.59. The molecule has 0 aromatic heterocycles. The molecule has 0 aliphatic carbocycles. The van der Waals surface area contributed by atoms with Crippen LogP contribution in [0.1, 0.15) is 31.7 Å². The zero-order chi connectivity index (χ0) is 14.4. The van der Waals surface area contributed by atoms with Crippen molar-refractivity contribution in [1.29, 1.82) is 0 Å². The van der Waals surface area contributed by atoms with E-state index in [0.29, 0.717) is 5.11 Å². The number of nitrogens with one attached hydrogen (secondary N) is 2. The van der Waals surface area contributed by atoms with Crippen LogP contribution in [0.2, 0.25) is 0 Å². The summed E-state index contributed by atoms with van der Waals surface area (Å²) in [4.78, 5) is 2.45. The van der Waals surface area contributed by atoms with Crippen molar-refractivity contribution in [3.8, 4) is 0 Å². The van der Waals surface area contributed by atoms with Crippen molar-refractivity contribution in [3.05, 3.63) is 29.8 Å². The Balaban J connectivity index is 2.01. The first-order chi connectivity index (χ1) is 9.70. The van der Waals surface area contributed by atoms with Gasteiger partial charge in [0.05, 0.1) is 5.71 Å². The Labute approximate surface area is 126 Å². The van der Waals surface area contributed by atoms with Gasteiger partial charge in [-0.05, 0) is 56.1 Å². The summed E-state index contributed by atoms with van der Waals surface area (Å²) >= 11 is 4.99. The number of hydrogen-bond acceptors (Lipinski definition) is 3. The first-order valence-corrected chi connectivity index (χ1v) is 7.49. The second-order valence-corrected chi connectivity index (χ2v) is 5.39. The molecule has 1 heterocycles. The van der Waals surface area contributed by atoms with Gasteiger partial charge in [0.25, 0.3) is 0 Å². The average Bonchev–Trinajstić information content (AvgIpc) is 2.53. The Kier molecular flexibility index (Phi) is 5.35. The zero-order valence-electron chi connectivity index (χ0n) is 12.1. The number of benzene rings is 1. The summed E-state index contributed by atoms with van der Waals surface area (Å²) < 4.78 is 0. The lowest BCUT2D eigenvalue weighted by Crippen LogP contribution is -2.29. The van der Waals surface area contributed by atoms with Gasteiger partial charge in [0.2, 0.25) is 0 Å². The van der Waals surface area contributed by atoms with E-state index in [-0.39, 0.29) is 0 Å². The standard InChI is InChI=1S/C15H22N4S/c1-12(17-18-15(20)16-2)13-6-8-14(9-7-13)19-10-4-3-5-11-19/h6-9H,3-5,10-11H2,1-2H3,(H2,16,18,20)/b17-12-. The van der Waals surface area contributed by atoms with Gasteiger partial charge in [-0.1, -0.05) is 12.1 Å². The highest BCUT2D eigenvalue weighted by molar-refractivity contribution is 7.80. The maximum absolute atomic E-state index is 4.99. The monoisotopic (exact) mass is 290 g/mol. The van der Waals surface area contributed by atoms with Gasteiger partial charge in [-0.3, -0.25) is 5.43 Å². The predicted molar refractivity (Wildman–Crippen MR) is 89.5 cm³/mol. The van der Waals surface area contributed by atoms with E-state index in [1.807, 2.05) is 6.92 Å². The van der Waals surface area contributed by atoms with Crippen LogP contribution in [0.5, 0.6) is 0 Å². The quantitative estimate of drug-likeness (QED) is 0.510. The molecule has 1 aromatic carbocycles. The number of anilines is 1. The van der Waals surface area contributed by atoms with Gasteiger partial charge in [-0.25, -0.2) is 0 Å². The lowest BCUT2D eigenvalue weighted by Gasteiger charge is -2.28. The van der Waals surface area contributed by atoms with Crippen molar-refractivity contribution >= 4 is 28.7 Å². The van der Waals surface area contributed by atoms with Gasteiger partial charge < -0.3 is 10.2 Å². The van der Waals surface area contributed by atoms with Crippen molar-refractivity contribution in [3.63, 3.8) is 0 Å². The summed E-state index contributed by atoms with van der Waals surface area (Å²) in [6.07, 6.45) is 3.96. The normalized spacial score (nSPS) is 15.9. The van der Waals surface area contributed by atoms with Gasteiger partial charge in [0.1, 0.15) is 0 Å². The van der Waals surface area contributed by atoms with Crippen molar-refractivity contribution in [2.45, 2.75) is 26.2 Å². The number of hydrogen-bond donors (Lipinski definition) is 2. The molecule has 2 N–H and O–H groups in total. The minimum atomic E-state index is 0.522. The largest absolute Gasteiger partial charge is 0.372 e. The topological polar surface area (TPSA) is 39.7 Å². The van der Waals surface area contributed by atoms with E-state index < -0.39 is 0 Å². The number of hydrazone groups is 1. The van der Waals surface area contributed by atoms with Crippen LogP contribution in [0.3, 0.4) is 0 Å². The summed E-state index contributed by atoms with van der Waals surface area (Å²) in [7, 11) is 1.77. The highest BCUT2D eigenvalue weighted by atomic mass is 32.1. The van der Waals surface area contributed by atoms with E-state index in [1.165, 1.54) is 38.0 Å². The highest BCUT2D eigenvalue weighted by Gasteiger charge is 2.10. The SMILES string of the molecule is CNC(=S)N/N=C(/C)c1ccc(N2CCCCC2)cc1. The van der Waals surface area contributed by atoms with Crippen molar-refractivity contribution < 1.29 is 0 Å². The Bertz CT molecular complexity index is 475. The van der Waals surface area contributed by atoms with Gasteiger partial charge in [0, 0.05) is 25.8 Å². The van der Waals surface area contributed by atoms with Crippen LogP contribution in [0.15, 0.2) is 29.4 Å². The van der Waals surface area contributed by atoms with Crippen LogP contribution in [-0.2, 0) is 0 Å². The van der Waals surface area contributed by atoms with Crippen LogP contribution in [0, 0.1) is 0 Å². The van der Waals surface area contributed by atoms with Gasteiger partial charge in [-0.15, -0.1) is 0 Å². The molecule has 4 nitrogen and oxygen atoms in total. The fraction of sp³-hybridized carbons (Fsp3) is 0.467. The molecule has 2 rings (SSSR count). The van der Waals surface area contributed by atoms with E-state index >= 15 is 0 Å². The number of nitrogens with zero attached hydrogens (tertiary/aromatic N) is 2. The molecule has 0 amide bonds. The molecule has 1 aliphatic rings. The lowest BCUT2D eigenvalue weighted by molar-refractivity contribution is 0.578. The minimum Gasteiger partial charge on any atom is -0.372 e. The Morgan fingerprint density at radius 3 is 2.40 bits per heavy atom. The molecule has 1 fully saturated rings. The molecule has 1 aliphatic heterocycles. The lowest BCUT2D eigenvalue weighted by atomic mass is 10.1. The summed E-state index contributed by atoms with van der Waals surface area (Å²) in [6.45, 7) is 4.32. The minimum absolute atomic E-state index is 0.522. The van der Waals surface area contributed by atoms with Crippen molar-refractivity contribution in [2.24, 2.45) is 5.10 Å². The molecule has 108 valence electrons. The van der Waals surface area contributed by atoms with Gasteiger partial charge >= 0.3 is 0 Å². The molecule has 1 aromatic rings.